The highest BCUT2D eigenvalue weighted by Gasteiger charge is 2.01. The lowest BCUT2D eigenvalue weighted by Gasteiger charge is -2.06. The largest absolute Gasteiger partial charge is 0.479 e. The smallest absolute Gasteiger partial charge is 0.315 e. The van der Waals surface area contributed by atoms with E-state index in [0.29, 0.717) is 17.3 Å². The molecule has 0 aliphatic rings. The van der Waals surface area contributed by atoms with Crippen molar-refractivity contribution in [1.82, 2.24) is 15.6 Å². The van der Waals surface area contributed by atoms with E-state index < -0.39 is 0 Å². The van der Waals surface area contributed by atoms with Gasteiger partial charge in [-0.25, -0.2) is 4.79 Å². The molecule has 3 aromatic rings. The second-order valence-corrected chi connectivity index (χ2v) is 6.07. The maximum atomic E-state index is 11.7. The van der Waals surface area contributed by atoms with Crippen LogP contribution in [0.5, 0.6) is 5.75 Å². The number of pyridine rings is 1. The summed E-state index contributed by atoms with van der Waals surface area (Å²) in [5, 5.41) is 7.11. The molecule has 0 radical (unpaired) electrons. The predicted molar refractivity (Wildman–Crippen MR) is 107 cm³/mol. The van der Waals surface area contributed by atoms with Crippen LogP contribution in [0.1, 0.15) is 5.56 Å². The maximum absolute atomic E-state index is 11.7. The van der Waals surface area contributed by atoms with Crippen molar-refractivity contribution in [1.29, 1.82) is 0 Å². The third kappa shape index (κ3) is 5.63. The first kappa shape index (κ1) is 18.6. The van der Waals surface area contributed by atoms with E-state index in [9.17, 15) is 4.79 Å². The summed E-state index contributed by atoms with van der Waals surface area (Å²) < 4.78 is 5.67. The second kappa shape index (κ2) is 9.46. The number of carbonyl (C=O) groups is 1. The van der Waals surface area contributed by atoms with Gasteiger partial charge in [0.2, 0.25) is 0 Å². The molecule has 3 rings (SSSR count). The van der Waals surface area contributed by atoms with Gasteiger partial charge >= 0.3 is 6.03 Å². The number of fused-ring (bicyclic) bond motifs is 1. The van der Waals surface area contributed by atoms with Gasteiger partial charge in [0.15, 0.2) is 0 Å². The summed E-state index contributed by atoms with van der Waals surface area (Å²) in [5.41, 5.74) is 1.78. The number of nitrogens with one attached hydrogen (secondary N) is 2. The molecule has 2 amide bonds. The lowest BCUT2D eigenvalue weighted by Crippen LogP contribution is -2.35. The first-order chi connectivity index (χ1) is 13.2. The zero-order valence-electron chi connectivity index (χ0n) is 14.5. The van der Waals surface area contributed by atoms with Gasteiger partial charge in [0.1, 0.15) is 17.9 Å². The molecule has 0 aliphatic carbocycles. The molecule has 6 heteroatoms. The quantitative estimate of drug-likeness (QED) is 0.663. The molecule has 0 unspecified atom stereocenters. The van der Waals surface area contributed by atoms with Crippen LogP contribution < -0.4 is 15.4 Å². The van der Waals surface area contributed by atoms with Crippen molar-refractivity contribution < 1.29 is 9.53 Å². The van der Waals surface area contributed by atoms with Gasteiger partial charge in [-0.1, -0.05) is 53.8 Å². The van der Waals surface area contributed by atoms with Crippen LogP contribution in [0.15, 0.2) is 60.8 Å². The molecule has 0 saturated carbocycles. The van der Waals surface area contributed by atoms with Gasteiger partial charge in [0.05, 0.1) is 6.54 Å². The number of benzene rings is 2. The maximum Gasteiger partial charge on any atom is 0.315 e. The monoisotopic (exact) mass is 379 g/mol. The molecule has 0 aliphatic heterocycles. The Morgan fingerprint density at radius 3 is 2.70 bits per heavy atom. The zero-order chi connectivity index (χ0) is 18.9. The van der Waals surface area contributed by atoms with E-state index in [4.69, 9.17) is 16.3 Å². The number of hydrogen-bond acceptors (Lipinski definition) is 3. The van der Waals surface area contributed by atoms with Gasteiger partial charge in [-0.2, -0.15) is 0 Å². The normalized spacial score (nSPS) is 9.96. The van der Waals surface area contributed by atoms with Crippen LogP contribution in [-0.2, 0) is 6.54 Å². The zero-order valence-corrected chi connectivity index (χ0v) is 15.3. The van der Waals surface area contributed by atoms with E-state index in [1.54, 1.807) is 18.3 Å². The third-order valence-corrected chi connectivity index (χ3v) is 3.98. The van der Waals surface area contributed by atoms with Gasteiger partial charge in [-0.3, -0.25) is 4.98 Å². The van der Waals surface area contributed by atoms with Crippen LogP contribution >= 0.6 is 11.6 Å². The molecular weight excluding hydrogens is 362 g/mol. The molecule has 0 bridgehead atoms. The van der Waals surface area contributed by atoms with Crippen LogP contribution in [0.4, 0.5) is 4.79 Å². The molecule has 0 saturated heterocycles. The van der Waals surface area contributed by atoms with Gasteiger partial charge in [0.25, 0.3) is 0 Å². The molecule has 0 spiro atoms. The third-order valence-electron chi connectivity index (χ3n) is 3.72. The van der Waals surface area contributed by atoms with Gasteiger partial charge in [-0.05, 0) is 29.8 Å². The Morgan fingerprint density at radius 2 is 1.85 bits per heavy atom. The molecule has 1 heterocycles. The highest BCUT2D eigenvalue weighted by Crippen LogP contribution is 2.22. The standard InChI is InChI=1S/C21H18ClN3O2/c22-18-10-8-16(9-11-18)15-25-21(26)24-12-1-2-14-27-19-7-3-5-17-6-4-13-23-20(17)19/h3-11,13H,12,14-15H2,(H2,24,25,26). The summed E-state index contributed by atoms with van der Waals surface area (Å²) in [7, 11) is 0. The molecular formula is C21H18ClN3O2. The number of rotatable bonds is 5. The SMILES string of the molecule is O=C(NCC#CCOc1cccc2cccnc12)NCc1ccc(Cl)cc1. The Kier molecular flexibility index (Phi) is 6.50. The summed E-state index contributed by atoms with van der Waals surface area (Å²) in [6.45, 7) is 0.890. The average Bonchev–Trinajstić information content (AvgIpc) is 2.70. The number of amides is 2. The number of urea groups is 1. The van der Waals surface area contributed by atoms with Crippen molar-refractivity contribution >= 4 is 28.5 Å². The molecule has 5 nitrogen and oxygen atoms in total. The lowest BCUT2D eigenvalue weighted by atomic mass is 10.2. The fourth-order valence-electron chi connectivity index (χ4n) is 2.39. The topological polar surface area (TPSA) is 63.2 Å². The Hall–Kier alpha value is -3.23. The van der Waals surface area contributed by atoms with Crippen molar-refractivity contribution in [3.05, 3.63) is 71.4 Å². The number of nitrogens with zero attached hydrogens (tertiary/aromatic N) is 1. The number of aromatic nitrogens is 1. The van der Waals surface area contributed by atoms with Crippen molar-refractivity contribution in [3.63, 3.8) is 0 Å². The summed E-state index contributed by atoms with van der Waals surface area (Å²) in [4.78, 5) is 16.1. The Bertz CT molecular complexity index is 973. The first-order valence-corrected chi connectivity index (χ1v) is 8.78. The minimum absolute atomic E-state index is 0.226. The molecule has 2 aromatic carbocycles. The fourth-order valence-corrected chi connectivity index (χ4v) is 2.52. The molecule has 136 valence electrons. The minimum atomic E-state index is -0.279. The summed E-state index contributed by atoms with van der Waals surface area (Å²) >= 11 is 5.82. The van der Waals surface area contributed by atoms with E-state index in [2.05, 4.69) is 27.5 Å². The molecule has 2 N–H and O–H groups in total. The van der Waals surface area contributed by atoms with E-state index in [0.717, 1.165) is 16.5 Å². The van der Waals surface area contributed by atoms with Gasteiger partial charge < -0.3 is 15.4 Å². The van der Waals surface area contributed by atoms with Crippen molar-refractivity contribution in [2.75, 3.05) is 13.2 Å². The molecule has 1 aromatic heterocycles. The number of carbonyl (C=O) groups excluding carboxylic acids is 1. The first-order valence-electron chi connectivity index (χ1n) is 8.41. The number of hydrogen-bond donors (Lipinski definition) is 2. The Balaban J connectivity index is 1.39. The number of halogens is 1. The second-order valence-electron chi connectivity index (χ2n) is 5.64. The van der Waals surface area contributed by atoms with Crippen molar-refractivity contribution in [2.24, 2.45) is 0 Å². The Labute approximate surface area is 162 Å². The van der Waals surface area contributed by atoms with Crippen LogP contribution in [0.25, 0.3) is 10.9 Å². The van der Waals surface area contributed by atoms with E-state index in [-0.39, 0.29) is 19.2 Å². The summed E-state index contributed by atoms with van der Waals surface area (Å²) in [6.07, 6.45) is 1.73. The summed E-state index contributed by atoms with van der Waals surface area (Å²) in [6, 6.07) is 16.6. The average molecular weight is 380 g/mol. The van der Waals surface area contributed by atoms with Crippen LogP contribution in [0.2, 0.25) is 5.02 Å². The fraction of sp³-hybridized carbons (Fsp3) is 0.143. The van der Waals surface area contributed by atoms with Crippen LogP contribution in [0.3, 0.4) is 0 Å². The van der Waals surface area contributed by atoms with E-state index in [1.807, 2.05) is 42.5 Å². The molecule has 0 fully saturated rings. The Morgan fingerprint density at radius 1 is 1.04 bits per heavy atom. The van der Waals surface area contributed by atoms with Crippen molar-refractivity contribution in [2.45, 2.75) is 6.54 Å². The van der Waals surface area contributed by atoms with E-state index >= 15 is 0 Å². The number of para-hydroxylation sites is 1. The summed E-state index contributed by atoms with van der Waals surface area (Å²) in [5.74, 6) is 6.42. The molecule has 0 atom stereocenters. The van der Waals surface area contributed by atoms with Gasteiger partial charge in [-0.15, -0.1) is 0 Å². The van der Waals surface area contributed by atoms with Crippen molar-refractivity contribution in [3.8, 4) is 17.6 Å². The predicted octanol–water partition coefficient (Wildman–Crippen LogP) is 3.77. The lowest BCUT2D eigenvalue weighted by molar-refractivity contribution is 0.241. The van der Waals surface area contributed by atoms with E-state index in [1.165, 1.54) is 0 Å². The van der Waals surface area contributed by atoms with Crippen LogP contribution in [-0.4, -0.2) is 24.2 Å². The highest BCUT2D eigenvalue weighted by atomic mass is 35.5. The van der Waals surface area contributed by atoms with Gasteiger partial charge in [0, 0.05) is 23.2 Å². The highest BCUT2D eigenvalue weighted by molar-refractivity contribution is 6.30. The molecule has 27 heavy (non-hydrogen) atoms. The minimum Gasteiger partial charge on any atom is -0.479 e. The number of ether oxygens (including phenoxy) is 1. The van der Waals surface area contributed by atoms with Crippen LogP contribution in [0, 0.1) is 11.8 Å².